The number of rotatable bonds is 4. The van der Waals surface area contributed by atoms with Crippen molar-refractivity contribution in [2.45, 2.75) is 32.4 Å². The quantitative estimate of drug-likeness (QED) is 0.856. The van der Waals surface area contributed by atoms with Crippen LogP contribution < -0.4 is 5.32 Å². The summed E-state index contributed by atoms with van der Waals surface area (Å²) in [5, 5.41) is 14.6. The van der Waals surface area contributed by atoms with E-state index in [9.17, 15) is 5.11 Å². The van der Waals surface area contributed by atoms with Gasteiger partial charge in [-0.3, -0.25) is 0 Å². The van der Waals surface area contributed by atoms with Crippen molar-refractivity contribution < 1.29 is 5.11 Å². The number of anilines is 1. The van der Waals surface area contributed by atoms with Crippen LogP contribution in [0.4, 0.5) is 5.82 Å². The smallest absolute Gasteiger partial charge is 0.147 e. The topological polar surface area (TPSA) is 58.0 Å². The van der Waals surface area contributed by atoms with Crippen LogP contribution in [0.5, 0.6) is 0 Å². The normalized spacial score (nSPS) is 14.9. The lowest BCUT2D eigenvalue weighted by molar-refractivity contribution is 0.179. The Hall–Kier alpha value is -1.20. The van der Waals surface area contributed by atoms with Crippen LogP contribution in [0.15, 0.2) is 17.8 Å². The molecular formula is C11H15N3OS. The molecule has 0 aliphatic carbocycles. The molecule has 2 aromatic heterocycles. The Balaban J connectivity index is 2.17. The molecule has 0 radical (unpaired) electrons. The van der Waals surface area contributed by atoms with Gasteiger partial charge in [0.1, 0.15) is 12.1 Å². The molecule has 0 aliphatic rings. The predicted octanol–water partition coefficient (Wildman–Crippen LogP) is 2.26. The van der Waals surface area contributed by atoms with Crippen LogP contribution >= 0.6 is 11.3 Å². The first-order valence-electron chi connectivity index (χ1n) is 5.29. The van der Waals surface area contributed by atoms with E-state index in [1.165, 1.54) is 0 Å². The molecule has 0 aliphatic heterocycles. The fourth-order valence-electron chi connectivity index (χ4n) is 1.70. The molecule has 0 bridgehead atoms. The number of thiophene rings is 1. The summed E-state index contributed by atoms with van der Waals surface area (Å²) in [6.07, 6.45) is 1.96. The van der Waals surface area contributed by atoms with Gasteiger partial charge in [-0.05, 0) is 31.7 Å². The van der Waals surface area contributed by atoms with Crippen LogP contribution in [0.25, 0.3) is 10.2 Å². The molecule has 2 atom stereocenters. The summed E-state index contributed by atoms with van der Waals surface area (Å²) >= 11 is 1.62. The Morgan fingerprint density at radius 2 is 2.25 bits per heavy atom. The van der Waals surface area contributed by atoms with Gasteiger partial charge < -0.3 is 10.4 Å². The Kier molecular flexibility index (Phi) is 3.36. The monoisotopic (exact) mass is 237 g/mol. The fraction of sp³-hybridized carbons (Fsp3) is 0.455. The summed E-state index contributed by atoms with van der Waals surface area (Å²) < 4.78 is 1.07. The van der Waals surface area contributed by atoms with Crippen LogP contribution in [0.3, 0.4) is 0 Å². The highest BCUT2D eigenvalue weighted by atomic mass is 32.1. The first-order valence-corrected chi connectivity index (χ1v) is 6.17. The second kappa shape index (κ2) is 4.76. The number of nitrogens with zero attached hydrogens (tertiary/aromatic N) is 2. The van der Waals surface area contributed by atoms with E-state index in [-0.39, 0.29) is 12.1 Å². The third-order valence-electron chi connectivity index (χ3n) is 2.32. The molecule has 2 N–H and O–H groups in total. The molecule has 2 heterocycles. The second-order valence-electron chi connectivity index (χ2n) is 3.99. The number of nitrogens with one attached hydrogen (secondary N) is 1. The summed E-state index contributed by atoms with van der Waals surface area (Å²) in [4.78, 5) is 8.41. The minimum atomic E-state index is -0.303. The molecule has 0 saturated heterocycles. The third kappa shape index (κ3) is 2.48. The van der Waals surface area contributed by atoms with Gasteiger partial charge in [-0.25, -0.2) is 9.97 Å². The van der Waals surface area contributed by atoms with E-state index in [4.69, 9.17) is 0 Å². The van der Waals surface area contributed by atoms with E-state index in [0.29, 0.717) is 6.42 Å². The summed E-state index contributed by atoms with van der Waals surface area (Å²) in [6, 6.07) is 2.17. The summed E-state index contributed by atoms with van der Waals surface area (Å²) in [5.74, 6) is 0.855. The van der Waals surface area contributed by atoms with Crippen molar-refractivity contribution in [2.75, 3.05) is 5.32 Å². The average Bonchev–Trinajstić information content (AvgIpc) is 2.65. The van der Waals surface area contributed by atoms with Gasteiger partial charge in [-0.2, -0.15) is 0 Å². The van der Waals surface area contributed by atoms with Crippen LogP contribution in [0.2, 0.25) is 0 Å². The van der Waals surface area contributed by atoms with E-state index in [1.54, 1.807) is 24.6 Å². The molecular weight excluding hydrogens is 222 g/mol. The largest absolute Gasteiger partial charge is 0.393 e. The zero-order valence-corrected chi connectivity index (χ0v) is 10.2. The highest BCUT2D eigenvalue weighted by molar-refractivity contribution is 7.17. The number of aromatic nitrogens is 2. The van der Waals surface area contributed by atoms with E-state index < -0.39 is 0 Å². The lowest BCUT2D eigenvalue weighted by atomic mass is 10.1. The number of aliphatic hydroxyl groups excluding tert-OH is 1. The molecule has 0 spiro atoms. The van der Waals surface area contributed by atoms with Gasteiger partial charge in [0, 0.05) is 6.04 Å². The minimum Gasteiger partial charge on any atom is -0.393 e. The van der Waals surface area contributed by atoms with Crippen molar-refractivity contribution in [3.8, 4) is 0 Å². The van der Waals surface area contributed by atoms with Gasteiger partial charge in [-0.15, -0.1) is 11.3 Å². The van der Waals surface area contributed by atoms with Crippen molar-refractivity contribution in [1.29, 1.82) is 0 Å². The van der Waals surface area contributed by atoms with Crippen LogP contribution in [-0.2, 0) is 0 Å². The molecule has 16 heavy (non-hydrogen) atoms. The first kappa shape index (κ1) is 11.3. The fourth-order valence-corrected chi connectivity index (χ4v) is 2.49. The van der Waals surface area contributed by atoms with Crippen molar-refractivity contribution in [2.24, 2.45) is 0 Å². The Bertz CT molecular complexity index is 469. The molecule has 0 aromatic carbocycles. The number of hydrogen-bond donors (Lipinski definition) is 2. The third-order valence-corrected chi connectivity index (χ3v) is 3.23. The summed E-state index contributed by atoms with van der Waals surface area (Å²) in [5.41, 5.74) is 0.965. The van der Waals surface area contributed by atoms with Gasteiger partial charge in [0.2, 0.25) is 0 Å². The highest BCUT2D eigenvalue weighted by Crippen LogP contribution is 2.25. The van der Waals surface area contributed by atoms with Gasteiger partial charge in [0.15, 0.2) is 0 Å². The predicted molar refractivity (Wildman–Crippen MR) is 66.8 cm³/mol. The van der Waals surface area contributed by atoms with E-state index >= 15 is 0 Å². The van der Waals surface area contributed by atoms with Gasteiger partial charge >= 0.3 is 0 Å². The molecule has 2 rings (SSSR count). The van der Waals surface area contributed by atoms with Crippen molar-refractivity contribution in [1.82, 2.24) is 9.97 Å². The first-order chi connectivity index (χ1) is 7.66. The highest BCUT2D eigenvalue weighted by Gasteiger charge is 2.10. The van der Waals surface area contributed by atoms with Crippen molar-refractivity contribution in [3.63, 3.8) is 0 Å². The Morgan fingerprint density at radius 1 is 1.44 bits per heavy atom. The van der Waals surface area contributed by atoms with Gasteiger partial charge in [0.25, 0.3) is 0 Å². The van der Waals surface area contributed by atoms with Crippen molar-refractivity contribution >= 4 is 27.4 Å². The van der Waals surface area contributed by atoms with E-state index in [1.807, 2.05) is 18.4 Å². The average molecular weight is 237 g/mol. The number of fused-ring (bicyclic) bond motifs is 1. The number of aliphatic hydroxyl groups is 1. The standard InChI is InChI=1S/C11H15N3OS/c1-7(5-8(2)15)14-11-10-9(3-4-16-10)12-6-13-11/h3-4,6-8,15H,5H2,1-2H3,(H,12,13,14). The summed E-state index contributed by atoms with van der Waals surface area (Å²) in [6.45, 7) is 3.83. The molecule has 0 amide bonds. The zero-order chi connectivity index (χ0) is 11.5. The second-order valence-corrected chi connectivity index (χ2v) is 4.90. The van der Waals surface area contributed by atoms with E-state index in [0.717, 1.165) is 16.0 Å². The summed E-state index contributed by atoms with van der Waals surface area (Å²) in [7, 11) is 0. The molecule has 5 heteroatoms. The van der Waals surface area contributed by atoms with Crippen molar-refractivity contribution in [3.05, 3.63) is 17.8 Å². The SMILES string of the molecule is CC(O)CC(C)Nc1ncnc2ccsc12. The van der Waals surface area contributed by atoms with Crippen LogP contribution in [0, 0.1) is 0 Å². The van der Waals surface area contributed by atoms with Gasteiger partial charge in [-0.1, -0.05) is 0 Å². The van der Waals surface area contributed by atoms with Crippen LogP contribution in [-0.4, -0.2) is 27.2 Å². The molecule has 2 aromatic rings. The Labute approximate surface area is 98.4 Å². The maximum Gasteiger partial charge on any atom is 0.147 e. The Morgan fingerprint density at radius 3 is 3.00 bits per heavy atom. The zero-order valence-electron chi connectivity index (χ0n) is 9.34. The van der Waals surface area contributed by atoms with Crippen LogP contribution in [0.1, 0.15) is 20.3 Å². The van der Waals surface area contributed by atoms with Gasteiger partial charge in [0.05, 0.1) is 16.3 Å². The molecule has 0 fully saturated rings. The lowest BCUT2D eigenvalue weighted by Crippen LogP contribution is -2.21. The molecule has 4 nitrogen and oxygen atoms in total. The molecule has 86 valence electrons. The minimum absolute atomic E-state index is 0.195. The lowest BCUT2D eigenvalue weighted by Gasteiger charge is -2.16. The van der Waals surface area contributed by atoms with E-state index in [2.05, 4.69) is 15.3 Å². The maximum absolute atomic E-state index is 9.30. The molecule has 0 saturated carbocycles. The molecule has 2 unspecified atom stereocenters. The maximum atomic E-state index is 9.30. The number of hydrogen-bond acceptors (Lipinski definition) is 5.